The van der Waals surface area contributed by atoms with Crippen LogP contribution in [-0.4, -0.2) is 17.4 Å². The minimum absolute atomic E-state index is 0.0510. The SMILES string of the molecule is CCCCCOc1cccc(C2c3c(oc4cc(C)c(Cl)cc4c3=O)C(=O)N2Cc2ccco2)c1. The van der Waals surface area contributed by atoms with Crippen LogP contribution in [0.4, 0.5) is 0 Å². The Morgan fingerprint density at radius 3 is 2.71 bits per heavy atom. The van der Waals surface area contributed by atoms with Gasteiger partial charge in [-0.3, -0.25) is 9.59 Å². The van der Waals surface area contributed by atoms with Gasteiger partial charge in [0.15, 0.2) is 5.43 Å². The smallest absolute Gasteiger partial charge is 0.291 e. The number of rotatable bonds is 8. The standard InChI is InChI=1S/C28H26ClNO5/c1-3-4-5-11-33-19-9-6-8-18(14-19)25-24-26(31)21-15-22(29)17(2)13-23(21)35-27(24)28(32)30(25)16-20-10-7-12-34-20/h6-10,12-15,25H,3-5,11,16H2,1-2H3. The van der Waals surface area contributed by atoms with Crippen LogP contribution in [0.5, 0.6) is 5.75 Å². The average molecular weight is 492 g/mol. The van der Waals surface area contributed by atoms with Crippen molar-refractivity contribution in [3.05, 3.63) is 98.3 Å². The van der Waals surface area contributed by atoms with E-state index in [9.17, 15) is 9.59 Å². The number of nitrogens with zero attached hydrogens (tertiary/aromatic N) is 1. The van der Waals surface area contributed by atoms with Gasteiger partial charge in [-0.15, -0.1) is 0 Å². The number of halogens is 1. The van der Waals surface area contributed by atoms with Gasteiger partial charge in [0.1, 0.15) is 17.1 Å². The molecule has 0 N–H and O–H groups in total. The van der Waals surface area contributed by atoms with Gasteiger partial charge in [-0.25, -0.2) is 0 Å². The van der Waals surface area contributed by atoms with Crippen molar-refractivity contribution in [2.45, 2.75) is 45.7 Å². The van der Waals surface area contributed by atoms with Crippen LogP contribution in [0.3, 0.4) is 0 Å². The molecule has 180 valence electrons. The fraction of sp³-hybridized carbons (Fsp3) is 0.286. The molecule has 35 heavy (non-hydrogen) atoms. The predicted molar refractivity (Wildman–Crippen MR) is 134 cm³/mol. The zero-order chi connectivity index (χ0) is 24.5. The van der Waals surface area contributed by atoms with Gasteiger partial charge in [0.05, 0.1) is 36.4 Å². The van der Waals surface area contributed by atoms with Crippen molar-refractivity contribution in [1.29, 1.82) is 0 Å². The Morgan fingerprint density at radius 2 is 1.94 bits per heavy atom. The minimum atomic E-state index is -0.650. The van der Waals surface area contributed by atoms with Crippen LogP contribution in [0.2, 0.25) is 5.02 Å². The zero-order valence-corrected chi connectivity index (χ0v) is 20.4. The highest BCUT2D eigenvalue weighted by Crippen LogP contribution is 2.40. The van der Waals surface area contributed by atoms with Crippen LogP contribution < -0.4 is 10.2 Å². The first-order chi connectivity index (χ1) is 17.0. The van der Waals surface area contributed by atoms with E-state index in [2.05, 4.69) is 6.92 Å². The number of amides is 1. The molecule has 0 aliphatic carbocycles. The van der Waals surface area contributed by atoms with E-state index in [1.165, 1.54) is 0 Å². The molecule has 0 saturated carbocycles. The van der Waals surface area contributed by atoms with Gasteiger partial charge < -0.3 is 18.5 Å². The van der Waals surface area contributed by atoms with Crippen LogP contribution in [0.25, 0.3) is 11.0 Å². The summed E-state index contributed by atoms with van der Waals surface area (Å²) in [5, 5.41) is 0.824. The van der Waals surface area contributed by atoms with E-state index in [1.54, 1.807) is 35.4 Å². The second-order valence-corrected chi connectivity index (χ2v) is 9.22. The van der Waals surface area contributed by atoms with Crippen molar-refractivity contribution in [1.82, 2.24) is 4.90 Å². The van der Waals surface area contributed by atoms with E-state index < -0.39 is 6.04 Å². The summed E-state index contributed by atoms with van der Waals surface area (Å²) in [4.78, 5) is 28.9. The second kappa shape index (κ2) is 9.62. The first kappa shape index (κ1) is 23.2. The first-order valence-electron chi connectivity index (χ1n) is 11.8. The third-order valence-corrected chi connectivity index (χ3v) is 6.75. The molecule has 0 saturated heterocycles. The molecule has 6 nitrogen and oxygen atoms in total. The van der Waals surface area contributed by atoms with E-state index in [4.69, 9.17) is 25.2 Å². The summed E-state index contributed by atoms with van der Waals surface area (Å²) in [5.41, 5.74) is 1.91. The van der Waals surface area contributed by atoms with E-state index >= 15 is 0 Å². The van der Waals surface area contributed by atoms with Crippen LogP contribution in [-0.2, 0) is 6.54 Å². The molecule has 2 aromatic heterocycles. The molecule has 5 rings (SSSR count). The van der Waals surface area contributed by atoms with Crippen molar-refractivity contribution in [3.63, 3.8) is 0 Å². The Kier molecular flexibility index (Phi) is 6.39. The molecule has 4 aromatic rings. The largest absolute Gasteiger partial charge is 0.494 e. The first-order valence-corrected chi connectivity index (χ1v) is 12.2. The highest BCUT2D eigenvalue weighted by molar-refractivity contribution is 6.32. The molecule has 1 unspecified atom stereocenters. The van der Waals surface area contributed by atoms with Gasteiger partial charge in [0, 0.05) is 5.02 Å². The molecule has 1 atom stereocenters. The lowest BCUT2D eigenvalue weighted by molar-refractivity contribution is 0.0701. The molecular formula is C28H26ClNO5. The predicted octanol–water partition coefficient (Wildman–Crippen LogP) is 6.66. The van der Waals surface area contributed by atoms with E-state index in [0.29, 0.717) is 39.7 Å². The lowest BCUT2D eigenvalue weighted by Gasteiger charge is -2.24. The molecule has 1 amide bonds. The number of hydrogen-bond donors (Lipinski definition) is 0. The normalized spacial score (nSPS) is 15.1. The third kappa shape index (κ3) is 4.34. The van der Waals surface area contributed by atoms with Crippen LogP contribution in [0.1, 0.15) is 65.2 Å². The lowest BCUT2D eigenvalue weighted by atomic mass is 9.98. The van der Waals surface area contributed by atoms with Crippen molar-refractivity contribution < 1.29 is 18.4 Å². The maximum absolute atomic E-state index is 13.7. The number of furan rings is 1. The number of ether oxygens (including phenoxy) is 1. The summed E-state index contributed by atoms with van der Waals surface area (Å²) < 4.78 is 17.5. The van der Waals surface area contributed by atoms with Gasteiger partial charge >= 0.3 is 0 Å². The number of fused-ring (bicyclic) bond motifs is 2. The number of hydrogen-bond acceptors (Lipinski definition) is 5. The van der Waals surface area contributed by atoms with E-state index in [0.717, 1.165) is 30.4 Å². The van der Waals surface area contributed by atoms with Crippen molar-refractivity contribution in [3.8, 4) is 5.75 Å². The second-order valence-electron chi connectivity index (χ2n) is 8.81. The Bertz CT molecular complexity index is 1440. The van der Waals surface area contributed by atoms with Crippen LogP contribution in [0.15, 0.2) is 68.4 Å². The maximum Gasteiger partial charge on any atom is 0.291 e. The number of unbranched alkanes of at least 4 members (excludes halogenated alkanes) is 2. The highest BCUT2D eigenvalue weighted by atomic mass is 35.5. The molecule has 1 aliphatic rings. The molecule has 2 aromatic carbocycles. The minimum Gasteiger partial charge on any atom is -0.494 e. The quantitative estimate of drug-likeness (QED) is 0.257. The molecule has 0 fully saturated rings. The zero-order valence-electron chi connectivity index (χ0n) is 19.7. The maximum atomic E-state index is 13.7. The summed E-state index contributed by atoms with van der Waals surface area (Å²) in [6.45, 7) is 4.78. The number of aryl methyl sites for hydroxylation is 1. The van der Waals surface area contributed by atoms with Crippen molar-refractivity contribution >= 4 is 28.5 Å². The van der Waals surface area contributed by atoms with E-state index in [-0.39, 0.29) is 23.6 Å². The van der Waals surface area contributed by atoms with Crippen LogP contribution in [0, 0.1) is 6.92 Å². The molecule has 1 aliphatic heterocycles. The van der Waals surface area contributed by atoms with Gasteiger partial charge in [-0.05, 0) is 60.9 Å². The summed E-state index contributed by atoms with van der Waals surface area (Å²) in [6.07, 6.45) is 4.73. The molecule has 0 spiro atoms. The number of carbonyl (C=O) groups excluding carboxylic acids is 1. The Hall–Kier alpha value is -3.51. The Labute approximate surface area is 208 Å². The molecule has 0 radical (unpaired) electrons. The van der Waals surface area contributed by atoms with Gasteiger partial charge in [-0.2, -0.15) is 0 Å². The summed E-state index contributed by atoms with van der Waals surface area (Å²) in [6, 6.07) is 13.8. The molecule has 0 bridgehead atoms. The summed E-state index contributed by atoms with van der Waals surface area (Å²) in [5.74, 6) is 0.998. The summed E-state index contributed by atoms with van der Waals surface area (Å²) in [7, 11) is 0. The van der Waals surface area contributed by atoms with Crippen LogP contribution >= 0.6 is 11.6 Å². The number of carbonyl (C=O) groups is 1. The third-order valence-electron chi connectivity index (χ3n) is 6.34. The van der Waals surface area contributed by atoms with Crippen molar-refractivity contribution in [2.75, 3.05) is 6.61 Å². The fourth-order valence-corrected chi connectivity index (χ4v) is 4.70. The van der Waals surface area contributed by atoms with Gasteiger partial charge in [-0.1, -0.05) is 43.5 Å². The Balaban J connectivity index is 1.63. The van der Waals surface area contributed by atoms with E-state index in [1.807, 2.05) is 31.2 Å². The van der Waals surface area contributed by atoms with Gasteiger partial charge in [0.2, 0.25) is 5.76 Å². The van der Waals surface area contributed by atoms with Gasteiger partial charge in [0.25, 0.3) is 5.91 Å². The average Bonchev–Trinajstić information content (AvgIpc) is 3.46. The fourth-order valence-electron chi connectivity index (χ4n) is 4.54. The molecule has 7 heteroatoms. The Morgan fingerprint density at radius 1 is 1.09 bits per heavy atom. The topological polar surface area (TPSA) is 72.9 Å². The molecule has 3 heterocycles. The summed E-state index contributed by atoms with van der Waals surface area (Å²) >= 11 is 6.32. The molecular weight excluding hydrogens is 466 g/mol. The highest BCUT2D eigenvalue weighted by Gasteiger charge is 2.43. The van der Waals surface area contributed by atoms with Crippen molar-refractivity contribution in [2.24, 2.45) is 0 Å². The monoisotopic (exact) mass is 491 g/mol. The lowest BCUT2D eigenvalue weighted by Crippen LogP contribution is -2.29. The number of benzene rings is 2.